The summed E-state index contributed by atoms with van der Waals surface area (Å²) < 4.78 is 22.8. The van der Waals surface area contributed by atoms with E-state index in [9.17, 15) is 14.4 Å². The highest BCUT2D eigenvalue weighted by Crippen LogP contribution is 2.55. The highest BCUT2D eigenvalue weighted by Gasteiger charge is 2.72. The van der Waals surface area contributed by atoms with Crippen LogP contribution in [0.1, 0.15) is 38.2 Å². The molecule has 42 heavy (non-hydrogen) atoms. The second kappa shape index (κ2) is 10.3. The van der Waals surface area contributed by atoms with E-state index in [0.717, 1.165) is 31.2 Å². The number of ether oxygens (including phenoxy) is 4. The zero-order valence-corrected chi connectivity index (χ0v) is 23.7. The molecular weight excluding hydrogens is 538 g/mol. The first-order valence-corrected chi connectivity index (χ1v) is 14.7. The highest BCUT2D eigenvalue weighted by atomic mass is 16.7. The Labute approximate surface area is 244 Å². The van der Waals surface area contributed by atoms with Crippen LogP contribution in [0.4, 0.5) is 5.69 Å². The molecule has 2 aromatic rings. The third-order valence-electron chi connectivity index (χ3n) is 9.49. The maximum absolute atomic E-state index is 14.3. The van der Waals surface area contributed by atoms with Crippen molar-refractivity contribution in [2.75, 3.05) is 19.2 Å². The molecule has 2 saturated heterocycles. The molecule has 4 aliphatic heterocycles. The van der Waals surface area contributed by atoms with Crippen molar-refractivity contribution in [3.63, 3.8) is 0 Å². The first-order chi connectivity index (χ1) is 20.4. The van der Waals surface area contributed by atoms with Gasteiger partial charge in [0.15, 0.2) is 11.5 Å². The monoisotopic (exact) mass is 573 g/mol. The molecule has 0 radical (unpaired) electrons. The van der Waals surface area contributed by atoms with Gasteiger partial charge in [-0.1, -0.05) is 44.1 Å². The van der Waals surface area contributed by atoms with E-state index in [-0.39, 0.29) is 37.1 Å². The Bertz CT molecular complexity index is 1460. The number of rotatable bonds is 7. The quantitative estimate of drug-likeness (QED) is 0.488. The molecule has 3 fully saturated rings. The average molecular weight is 574 g/mol. The Morgan fingerprint density at radius 2 is 1.90 bits per heavy atom. The molecule has 3 amide bonds. The number of amides is 3. The maximum atomic E-state index is 14.3. The molecule has 1 saturated carbocycles. The molecular formula is C32H35N3O7. The number of nitrogens with one attached hydrogen (secondary N) is 2. The van der Waals surface area contributed by atoms with Gasteiger partial charge in [-0.05, 0) is 48.6 Å². The van der Waals surface area contributed by atoms with Crippen LogP contribution in [0.15, 0.2) is 54.6 Å². The summed E-state index contributed by atoms with van der Waals surface area (Å²) in [7, 11) is 1.56. The summed E-state index contributed by atoms with van der Waals surface area (Å²) in [5.41, 5.74) is 0.114. The van der Waals surface area contributed by atoms with Gasteiger partial charge in [-0.3, -0.25) is 14.4 Å². The Hall–Kier alpha value is -4.05. The zero-order valence-electron chi connectivity index (χ0n) is 23.7. The van der Waals surface area contributed by atoms with Gasteiger partial charge in [0, 0.05) is 24.3 Å². The molecule has 2 bridgehead atoms. The number of methoxy groups -OCH3 is 1. The van der Waals surface area contributed by atoms with E-state index in [1.807, 2.05) is 30.4 Å². The van der Waals surface area contributed by atoms with Crippen molar-refractivity contribution in [2.45, 2.75) is 62.9 Å². The van der Waals surface area contributed by atoms with Gasteiger partial charge in [0.1, 0.15) is 17.4 Å². The van der Waals surface area contributed by atoms with Crippen LogP contribution in [0.5, 0.6) is 17.2 Å². The summed E-state index contributed by atoms with van der Waals surface area (Å²) in [6.45, 7) is 2.46. The van der Waals surface area contributed by atoms with Crippen molar-refractivity contribution in [3.05, 3.63) is 60.2 Å². The first kappa shape index (κ1) is 26.8. The van der Waals surface area contributed by atoms with Crippen molar-refractivity contribution >= 4 is 23.4 Å². The zero-order chi connectivity index (χ0) is 29.0. The molecule has 4 heterocycles. The summed E-state index contributed by atoms with van der Waals surface area (Å²) in [6.07, 6.45) is 7.21. The van der Waals surface area contributed by atoms with Crippen molar-refractivity contribution in [3.8, 4) is 17.2 Å². The van der Waals surface area contributed by atoms with Crippen LogP contribution < -0.4 is 24.8 Å². The van der Waals surface area contributed by atoms with E-state index >= 15 is 0 Å². The van der Waals surface area contributed by atoms with Crippen LogP contribution in [-0.2, 0) is 25.7 Å². The van der Waals surface area contributed by atoms with Gasteiger partial charge in [0.2, 0.25) is 24.5 Å². The summed E-state index contributed by atoms with van der Waals surface area (Å²) in [5.74, 6) is -0.300. The lowest BCUT2D eigenvalue weighted by Crippen LogP contribution is -2.57. The molecule has 10 heteroatoms. The number of benzene rings is 2. The molecule has 10 nitrogen and oxygen atoms in total. The minimum atomic E-state index is -1.24. The number of hydrogen-bond donors (Lipinski definition) is 2. The second-order valence-electron chi connectivity index (χ2n) is 12.0. The number of anilines is 1. The van der Waals surface area contributed by atoms with Gasteiger partial charge in [-0.25, -0.2) is 0 Å². The van der Waals surface area contributed by atoms with Gasteiger partial charge in [0.25, 0.3) is 0 Å². The molecule has 2 aromatic carbocycles. The van der Waals surface area contributed by atoms with E-state index in [0.29, 0.717) is 28.9 Å². The van der Waals surface area contributed by atoms with E-state index < -0.39 is 29.6 Å². The van der Waals surface area contributed by atoms with Crippen molar-refractivity contribution < 1.29 is 33.3 Å². The minimum Gasteiger partial charge on any atom is -0.497 e. The molecule has 7 rings (SSSR count). The molecule has 2 N–H and O–H groups in total. The first-order valence-electron chi connectivity index (χ1n) is 14.7. The van der Waals surface area contributed by atoms with E-state index in [1.54, 1.807) is 36.3 Å². The lowest BCUT2D eigenvalue weighted by molar-refractivity contribution is -0.142. The summed E-state index contributed by atoms with van der Waals surface area (Å²) in [4.78, 5) is 43.8. The number of hydrogen-bond acceptors (Lipinski definition) is 7. The van der Waals surface area contributed by atoms with E-state index in [1.165, 1.54) is 0 Å². The third-order valence-corrected chi connectivity index (χ3v) is 9.49. The Morgan fingerprint density at radius 1 is 1.07 bits per heavy atom. The maximum Gasteiger partial charge on any atom is 0.246 e. The van der Waals surface area contributed by atoms with Crippen LogP contribution in [-0.4, -0.2) is 60.3 Å². The molecule has 220 valence electrons. The van der Waals surface area contributed by atoms with E-state index in [4.69, 9.17) is 18.9 Å². The fourth-order valence-electron chi connectivity index (χ4n) is 7.39. The third kappa shape index (κ3) is 4.31. The molecule has 7 atom stereocenters. The summed E-state index contributed by atoms with van der Waals surface area (Å²) >= 11 is 0. The molecule has 1 spiro atoms. The fourth-order valence-corrected chi connectivity index (χ4v) is 7.39. The van der Waals surface area contributed by atoms with Gasteiger partial charge in [-0.15, -0.1) is 0 Å². The van der Waals surface area contributed by atoms with Gasteiger partial charge in [-0.2, -0.15) is 0 Å². The molecule has 0 aromatic heterocycles. The second-order valence-corrected chi connectivity index (χ2v) is 12.0. The van der Waals surface area contributed by atoms with Crippen LogP contribution in [0.2, 0.25) is 0 Å². The van der Waals surface area contributed by atoms with Gasteiger partial charge < -0.3 is 34.5 Å². The van der Waals surface area contributed by atoms with Crippen molar-refractivity contribution in [2.24, 2.45) is 17.8 Å². The smallest absolute Gasteiger partial charge is 0.246 e. The molecule has 1 aliphatic carbocycles. The van der Waals surface area contributed by atoms with Crippen LogP contribution >= 0.6 is 0 Å². The van der Waals surface area contributed by atoms with Crippen LogP contribution in [0.25, 0.3) is 0 Å². The SMILES string of the molecule is COc1cccc(NC(=O)C2C3C=CC4(O3)C2C(=O)N(Cc2ccc3c(c2)OCO3)C4C(=O)NC2CCCCC2C)c1. The topological polar surface area (TPSA) is 115 Å². The fraction of sp³-hybridized carbons (Fsp3) is 0.469. The average Bonchev–Trinajstić information content (AvgIpc) is 3.75. The van der Waals surface area contributed by atoms with Crippen LogP contribution in [0.3, 0.4) is 0 Å². The Balaban J connectivity index is 1.21. The lowest BCUT2D eigenvalue weighted by atomic mass is 9.74. The van der Waals surface area contributed by atoms with Crippen molar-refractivity contribution in [1.29, 1.82) is 0 Å². The van der Waals surface area contributed by atoms with E-state index in [2.05, 4.69) is 17.6 Å². The highest BCUT2D eigenvalue weighted by molar-refractivity contribution is 6.02. The summed E-state index contributed by atoms with van der Waals surface area (Å²) in [6, 6.07) is 11.7. The minimum absolute atomic E-state index is 0.0268. The predicted octanol–water partition coefficient (Wildman–Crippen LogP) is 3.41. The lowest BCUT2D eigenvalue weighted by Gasteiger charge is -2.36. The van der Waals surface area contributed by atoms with Gasteiger partial charge in [0.05, 0.1) is 25.0 Å². The predicted molar refractivity (Wildman–Crippen MR) is 152 cm³/mol. The Kier molecular flexibility index (Phi) is 6.61. The van der Waals surface area contributed by atoms with Gasteiger partial charge >= 0.3 is 0 Å². The van der Waals surface area contributed by atoms with Crippen LogP contribution in [0, 0.1) is 17.8 Å². The Morgan fingerprint density at radius 3 is 2.74 bits per heavy atom. The summed E-state index contributed by atoms with van der Waals surface area (Å²) in [5, 5.41) is 6.22. The normalized spacial score (nSPS) is 32.1. The standard InChI is InChI=1S/C32H35N3O7/c1-18-6-3-4-9-22(18)34-30(37)28-32-13-12-24(42-32)26(29(36)33-20-7-5-8-21(15-20)39-2)27(32)31(38)35(28)16-19-10-11-23-25(14-19)41-17-40-23/h5,7-8,10-15,18,22,24,26-28H,3-4,6,9,16-17H2,1-2H3,(H,33,36)(H,34,37). The molecule has 5 aliphatic rings. The number of likely N-dealkylation sites (tertiary alicyclic amines) is 1. The molecule has 7 unspecified atom stereocenters. The largest absolute Gasteiger partial charge is 0.497 e. The number of nitrogens with zero attached hydrogens (tertiary/aromatic N) is 1. The number of carbonyl (C=O) groups excluding carboxylic acids is 3. The van der Waals surface area contributed by atoms with Crippen molar-refractivity contribution in [1.82, 2.24) is 10.2 Å². The number of fused-ring (bicyclic) bond motifs is 2. The number of carbonyl (C=O) groups is 3.